The van der Waals surface area contributed by atoms with Gasteiger partial charge in [0.2, 0.25) is 0 Å². The fourth-order valence-electron chi connectivity index (χ4n) is 1.55. The molecule has 1 aromatic heterocycles. The Balaban J connectivity index is 3.07. The number of urea groups is 1. The normalized spacial score (nSPS) is 11.7. The van der Waals surface area contributed by atoms with Gasteiger partial charge in [-0.1, -0.05) is 12.1 Å². The highest BCUT2D eigenvalue weighted by molar-refractivity contribution is 5.95. The van der Waals surface area contributed by atoms with E-state index in [1.807, 2.05) is 5.32 Å². The van der Waals surface area contributed by atoms with Crippen molar-refractivity contribution in [3.8, 4) is 0 Å². The third kappa shape index (κ3) is 3.06. The van der Waals surface area contributed by atoms with Crippen molar-refractivity contribution in [3.63, 3.8) is 0 Å². The third-order valence-electron chi connectivity index (χ3n) is 2.50. The van der Waals surface area contributed by atoms with Crippen molar-refractivity contribution in [1.82, 2.24) is 20.3 Å². The van der Waals surface area contributed by atoms with Gasteiger partial charge in [-0.05, 0) is 13.3 Å². The van der Waals surface area contributed by atoms with Crippen LogP contribution in [0.1, 0.15) is 36.1 Å². The average Bonchev–Trinajstić information content (AvgIpc) is 2.79. The number of nitrogens with zero attached hydrogens (tertiary/aromatic N) is 3. The molecule has 0 radical (unpaired) electrons. The maximum absolute atomic E-state index is 11.7. The SMILES string of the molecule is CCc1c(C(=O)OC)nnn1C(C)C(=O)NC(N)=O. The third-order valence-corrected chi connectivity index (χ3v) is 2.50. The molecule has 0 fully saturated rings. The molecular formula is C10H15N5O4. The highest BCUT2D eigenvalue weighted by Crippen LogP contribution is 2.14. The highest BCUT2D eigenvalue weighted by Gasteiger charge is 2.25. The molecule has 0 spiro atoms. The molecule has 1 rings (SSSR count). The first-order chi connectivity index (χ1) is 8.92. The van der Waals surface area contributed by atoms with E-state index in [-0.39, 0.29) is 5.69 Å². The van der Waals surface area contributed by atoms with E-state index in [0.717, 1.165) is 0 Å². The second kappa shape index (κ2) is 5.94. The lowest BCUT2D eigenvalue weighted by molar-refractivity contribution is -0.123. The quantitative estimate of drug-likeness (QED) is 0.701. The van der Waals surface area contributed by atoms with Crippen molar-refractivity contribution >= 4 is 17.9 Å². The lowest BCUT2D eigenvalue weighted by Gasteiger charge is -2.12. The minimum atomic E-state index is -0.955. The van der Waals surface area contributed by atoms with E-state index in [9.17, 15) is 14.4 Å². The molecule has 1 aromatic rings. The van der Waals surface area contributed by atoms with Crippen molar-refractivity contribution in [2.75, 3.05) is 7.11 Å². The maximum Gasteiger partial charge on any atom is 0.360 e. The zero-order valence-corrected chi connectivity index (χ0v) is 10.8. The molecule has 104 valence electrons. The van der Waals surface area contributed by atoms with E-state index in [2.05, 4.69) is 15.0 Å². The first-order valence-corrected chi connectivity index (χ1v) is 5.55. The number of amides is 3. The summed E-state index contributed by atoms with van der Waals surface area (Å²) in [5.41, 5.74) is 5.35. The molecule has 9 heteroatoms. The monoisotopic (exact) mass is 269 g/mol. The largest absolute Gasteiger partial charge is 0.464 e. The van der Waals surface area contributed by atoms with Gasteiger partial charge >= 0.3 is 12.0 Å². The molecule has 0 saturated heterocycles. The van der Waals surface area contributed by atoms with Crippen LogP contribution in [0.2, 0.25) is 0 Å². The Morgan fingerprint density at radius 1 is 1.47 bits per heavy atom. The topological polar surface area (TPSA) is 129 Å². The Hall–Kier alpha value is -2.45. The summed E-state index contributed by atoms with van der Waals surface area (Å²) in [4.78, 5) is 33.7. The molecule has 19 heavy (non-hydrogen) atoms. The summed E-state index contributed by atoms with van der Waals surface area (Å²) in [6.45, 7) is 3.29. The zero-order chi connectivity index (χ0) is 14.6. The predicted octanol–water partition coefficient (Wildman–Crippen LogP) is -0.617. The molecule has 0 aliphatic rings. The van der Waals surface area contributed by atoms with Gasteiger partial charge in [0.1, 0.15) is 6.04 Å². The second-order valence-electron chi connectivity index (χ2n) is 3.70. The number of hydrogen-bond acceptors (Lipinski definition) is 6. The molecule has 0 aliphatic heterocycles. The summed E-state index contributed by atoms with van der Waals surface area (Å²) in [7, 11) is 1.23. The summed E-state index contributed by atoms with van der Waals surface area (Å²) in [5, 5.41) is 9.36. The van der Waals surface area contributed by atoms with Crippen molar-refractivity contribution in [2.45, 2.75) is 26.3 Å². The molecule has 1 atom stereocenters. The molecule has 0 saturated carbocycles. The molecule has 1 unspecified atom stereocenters. The summed E-state index contributed by atoms with van der Waals surface area (Å²) in [6.07, 6.45) is 0.422. The van der Waals surface area contributed by atoms with Gasteiger partial charge in [0.15, 0.2) is 5.69 Å². The number of ether oxygens (including phenoxy) is 1. The van der Waals surface area contributed by atoms with Crippen LogP contribution in [0.3, 0.4) is 0 Å². The Morgan fingerprint density at radius 2 is 2.11 bits per heavy atom. The van der Waals surface area contributed by atoms with Crippen LogP contribution in [0.25, 0.3) is 0 Å². The van der Waals surface area contributed by atoms with Gasteiger partial charge in [0, 0.05) is 0 Å². The van der Waals surface area contributed by atoms with E-state index in [1.165, 1.54) is 18.7 Å². The van der Waals surface area contributed by atoms with Gasteiger partial charge in [-0.15, -0.1) is 5.10 Å². The molecule has 1 heterocycles. The van der Waals surface area contributed by atoms with Gasteiger partial charge in [-0.25, -0.2) is 14.3 Å². The number of primary amides is 1. The number of aromatic nitrogens is 3. The Bertz CT molecular complexity index is 510. The minimum absolute atomic E-state index is 0.0451. The first kappa shape index (κ1) is 14.6. The van der Waals surface area contributed by atoms with Gasteiger partial charge in [-0.3, -0.25) is 10.1 Å². The number of imide groups is 1. The lowest BCUT2D eigenvalue weighted by Crippen LogP contribution is -2.39. The van der Waals surface area contributed by atoms with Crippen LogP contribution in [0.4, 0.5) is 4.79 Å². The van der Waals surface area contributed by atoms with Gasteiger partial charge < -0.3 is 10.5 Å². The van der Waals surface area contributed by atoms with E-state index in [4.69, 9.17) is 5.73 Å². The molecule has 3 amide bonds. The molecule has 9 nitrogen and oxygen atoms in total. The predicted molar refractivity (Wildman–Crippen MR) is 63.2 cm³/mol. The highest BCUT2D eigenvalue weighted by atomic mass is 16.5. The van der Waals surface area contributed by atoms with Crippen LogP contribution in [-0.2, 0) is 16.0 Å². The molecule has 0 aromatic carbocycles. The van der Waals surface area contributed by atoms with E-state index < -0.39 is 23.9 Å². The summed E-state index contributed by atoms with van der Waals surface area (Å²) in [6, 6.07) is -1.78. The molecule has 0 bridgehead atoms. The van der Waals surface area contributed by atoms with Gasteiger partial charge in [0.25, 0.3) is 5.91 Å². The summed E-state index contributed by atoms with van der Waals surface area (Å²) < 4.78 is 5.82. The molecule has 3 N–H and O–H groups in total. The molecular weight excluding hydrogens is 254 g/mol. The van der Waals surface area contributed by atoms with E-state index in [1.54, 1.807) is 6.92 Å². The van der Waals surface area contributed by atoms with Gasteiger partial charge in [0.05, 0.1) is 12.8 Å². The Morgan fingerprint density at radius 3 is 2.58 bits per heavy atom. The number of rotatable bonds is 4. The van der Waals surface area contributed by atoms with Crippen molar-refractivity contribution in [2.24, 2.45) is 5.73 Å². The van der Waals surface area contributed by atoms with Crippen LogP contribution in [0.5, 0.6) is 0 Å². The average molecular weight is 269 g/mol. The Labute approximate surface area is 109 Å². The van der Waals surface area contributed by atoms with E-state index >= 15 is 0 Å². The molecule has 0 aliphatic carbocycles. The Kier molecular flexibility index (Phi) is 4.56. The number of nitrogens with one attached hydrogen (secondary N) is 1. The van der Waals surface area contributed by atoms with Crippen LogP contribution in [-0.4, -0.2) is 40.0 Å². The first-order valence-electron chi connectivity index (χ1n) is 5.55. The number of hydrogen-bond donors (Lipinski definition) is 2. The fraction of sp³-hybridized carbons (Fsp3) is 0.500. The van der Waals surface area contributed by atoms with Gasteiger partial charge in [-0.2, -0.15) is 0 Å². The van der Waals surface area contributed by atoms with Crippen LogP contribution >= 0.6 is 0 Å². The number of nitrogens with two attached hydrogens (primary N) is 1. The van der Waals surface area contributed by atoms with Crippen molar-refractivity contribution in [3.05, 3.63) is 11.4 Å². The lowest BCUT2D eigenvalue weighted by atomic mass is 10.2. The standard InChI is InChI=1S/C10H15N5O4/c1-4-6-7(9(17)19-3)13-14-15(6)5(2)8(16)12-10(11)18/h5H,4H2,1-3H3,(H3,11,12,16,18). The second-order valence-corrected chi connectivity index (χ2v) is 3.70. The zero-order valence-electron chi connectivity index (χ0n) is 10.8. The van der Waals surface area contributed by atoms with Crippen LogP contribution in [0, 0.1) is 0 Å². The number of carbonyl (C=O) groups excluding carboxylic acids is 3. The van der Waals surface area contributed by atoms with Crippen LogP contribution in [0.15, 0.2) is 0 Å². The number of esters is 1. The maximum atomic E-state index is 11.7. The minimum Gasteiger partial charge on any atom is -0.464 e. The van der Waals surface area contributed by atoms with Crippen LogP contribution < -0.4 is 11.1 Å². The van der Waals surface area contributed by atoms with Crippen molar-refractivity contribution < 1.29 is 19.1 Å². The van der Waals surface area contributed by atoms with Crippen molar-refractivity contribution in [1.29, 1.82) is 0 Å². The summed E-state index contributed by atoms with van der Waals surface area (Å²) >= 11 is 0. The smallest absolute Gasteiger partial charge is 0.360 e. The fourth-order valence-corrected chi connectivity index (χ4v) is 1.55. The number of methoxy groups -OCH3 is 1. The number of carbonyl (C=O) groups is 3. The van der Waals surface area contributed by atoms with E-state index in [0.29, 0.717) is 12.1 Å². The summed E-state index contributed by atoms with van der Waals surface area (Å²) in [5.74, 6) is -1.27.